The zero-order valence-corrected chi connectivity index (χ0v) is 12.7. The van der Waals surface area contributed by atoms with Gasteiger partial charge in [-0.2, -0.15) is 0 Å². The fraction of sp³-hybridized carbons (Fsp3) is 0.667. The molecule has 1 aromatic rings. The third-order valence-corrected chi connectivity index (χ3v) is 4.63. The third kappa shape index (κ3) is 2.57. The van der Waals surface area contributed by atoms with Crippen molar-refractivity contribution in [2.75, 3.05) is 0 Å². The van der Waals surface area contributed by atoms with E-state index in [-0.39, 0.29) is 16.6 Å². The molecule has 1 saturated heterocycles. The fourth-order valence-electron chi connectivity index (χ4n) is 2.46. The molecule has 0 unspecified atom stereocenters. The van der Waals surface area contributed by atoms with E-state index in [0.29, 0.717) is 0 Å². The van der Waals surface area contributed by atoms with Crippen molar-refractivity contribution in [1.29, 1.82) is 0 Å². The van der Waals surface area contributed by atoms with Crippen molar-refractivity contribution in [3.05, 3.63) is 28.0 Å². The Balaban J connectivity index is 1.87. The Labute approximate surface area is 120 Å². The van der Waals surface area contributed by atoms with Crippen LogP contribution >= 0.6 is 0 Å². The Morgan fingerprint density at radius 1 is 1.20 bits per heavy atom. The Morgan fingerprint density at radius 3 is 2.35 bits per heavy atom. The van der Waals surface area contributed by atoms with Crippen molar-refractivity contribution in [2.24, 2.45) is 5.92 Å². The van der Waals surface area contributed by atoms with E-state index in [1.54, 1.807) is 12.1 Å². The van der Waals surface area contributed by atoms with Crippen LogP contribution in [0.3, 0.4) is 0 Å². The summed E-state index contributed by atoms with van der Waals surface area (Å²) in [5, 5.41) is 0. The van der Waals surface area contributed by atoms with Crippen LogP contribution in [-0.4, -0.2) is 23.3 Å². The smallest absolute Gasteiger partial charge is 0.398 e. The van der Waals surface area contributed by atoms with Crippen molar-refractivity contribution >= 4 is 12.7 Å². The van der Waals surface area contributed by atoms with Gasteiger partial charge in [0.2, 0.25) is 0 Å². The van der Waals surface area contributed by atoms with E-state index in [2.05, 4.69) is 4.98 Å². The molecular weight excluding hydrogens is 253 g/mol. The molecule has 0 atom stereocenters. The Kier molecular flexibility index (Phi) is 3.10. The average molecular weight is 275 g/mol. The molecule has 1 aromatic heterocycles. The maximum absolute atomic E-state index is 11.9. The second-order valence-corrected chi connectivity index (χ2v) is 7.03. The highest BCUT2D eigenvalue weighted by molar-refractivity contribution is 6.61. The van der Waals surface area contributed by atoms with Crippen molar-refractivity contribution in [3.8, 4) is 0 Å². The first-order valence-corrected chi connectivity index (χ1v) is 7.36. The minimum Gasteiger partial charge on any atom is -0.398 e. The highest BCUT2D eigenvalue weighted by Crippen LogP contribution is 2.36. The lowest BCUT2D eigenvalue weighted by atomic mass is 9.84. The van der Waals surface area contributed by atoms with Gasteiger partial charge in [-0.05, 0) is 52.9 Å². The molecule has 4 nitrogen and oxygen atoms in total. The molecule has 2 heterocycles. The summed E-state index contributed by atoms with van der Waals surface area (Å²) in [5.41, 5.74) is 0.961. The van der Waals surface area contributed by atoms with Gasteiger partial charge in [-0.1, -0.05) is 0 Å². The molecule has 2 aliphatic rings. The zero-order chi connectivity index (χ0) is 14.5. The van der Waals surface area contributed by atoms with E-state index in [9.17, 15) is 4.79 Å². The van der Waals surface area contributed by atoms with E-state index in [0.717, 1.165) is 23.6 Å². The maximum atomic E-state index is 11.9. The van der Waals surface area contributed by atoms with Gasteiger partial charge in [0.25, 0.3) is 0 Å². The predicted molar refractivity (Wildman–Crippen MR) is 79.2 cm³/mol. The van der Waals surface area contributed by atoms with Crippen LogP contribution in [0.2, 0.25) is 0 Å². The minimum atomic E-state index is -0.494. The number of hydrogen-bond donors (Lipinski definition) is 1. The lowest BCUT2D eigenvalue weighted by Gasteiger charge is -2.32. The SMILES string of the molecule is CC1(C)OB(c2cc(=O)cc(CC3CC3)[nH]2)OC1(C)C. The molecule has 108 valence electrons. The van der Waals surface area contributed by atoms with Crippen molar-refractivity contribution < 1.29 is 9.31 Å². The molecule has 1 saturated carbocycles. The summed E-state index contributed by atoms with van der Waals surface area (Å²) in [6, 6.07) is 3.27. The molecule has 3 rings (SSSR count). The molecule has 1 N–H and O–H groups in total. The van der Waals surface area contributed by atoms with Crippen LogP contribution in [0, 0.1) is 5.92 Å². The van der Waals surface area contributed by atoms with E-state index in [4.69, 9.17) is 9.31 Å². The van der Waals surface area contributed by atoms with E-state index >= 15 is 0 Å². The summed E-state index contributed by atoms with van der Waals surface area (Å²) in [5.74, 6) is 0.735. The summed E-state index contributed by atoms with van der Waals surface area (Å²) < 4.78 is 12.0. The first-order chi connectivity index (χ1) is 9.27. The van der Waals surface area contributed by atoms with E-state index in [1.165, 1.54) is 12.8 Å². The van der Waals surface area contributed by atoms with Crippen LogP contribution in [-0.2, 0) is 15.7 Å². The number of nitrogens with one attached hydrogen (secondary N) is 1. The number of aromatic amines is 1. The van der Waals surface area contributed by atoms with Gasteiger partial charge in [0.1, 0.15) is 0 Å². The first-order valence-electron chi connectivity index (χ1n) is 7.36. The second-order valence-electron chi connectivity index (χ2n) is 7.03. The molecule has 0 bridgehead atoms. The molecule has 0 radical (unpaired) electrons. The Bertz CT molecular complexity index is 559. The normalized spacial score (nSPS) is 24.1. The van der Waals surface area contributed by atoms with Crippen LogP contribution in [0.25, 0.3) is 0 Å². The van der Waals surface area contributed by atoms with Gasteiger partial charge in [-0.25, -0.2) is 0 Å². The van der Waals surface area contributed by atoms with E-state index < -0.39 is 7.12 Å². The molecule has 1 aliphatic carbocycles. The van der Waals surface area contributed by atoms with Gasteiger partial charge in [0.05, 0.1) is 11.2 Å². The van der Waals surface area contributed by atoms with Crippen molar-refractivity contribution in [2.45, 2.75) is 58.2 Å². The van der Waals surface area contributed by atoms with Gasteiger partial charge in [0, 0.05) is 23.4 Å². The molecule has 0 aromatic carbocycles. The summed E-state index contributed by atoms with van der Waals surface area (Å²) in [7, 11) is -0.494. The third-order valence-electron chi connectivity index (χ3n) is 4.63. The van der Waals surface area contributed by atoms with Crippen molar-refractivity contribution in [1.82, 2.24) is 4.98 Å². The number of pyridine rings is 1. The first kappa shape index (κ1) is 13.9. The van der Waals surface area contributed by atoms with Crippen LogP contribution in [0.4, 0.5) is 0 Å². The minimum absolute atomic E-state index is 0.0177. The van der Waals surface area contributed by atoms with Crippen LogP contribution in [0.15, 0.2) is 16.9 Å². The average Bonchev–Trinajstić information content (AvgIpc) is 3.06. The van der Waals surface area contributed by atoms with Gasteiger partial charge >= 0.3 is 7.12 Å². The summed E-state index contributed by atoms with van der Waals surface area (Å²) in [6.45, 7) is 8.05. The van der Waals surface area contributed by atoms with Crippen LogP contribution < -0.4 is 11.0 Å². The predicted octanol–water partition coefficient (Wildman–Crippen LogP) is 1.63. The molecule has 0 amide bonds. The number of aromatic nitrogens is 1. The summed E-state index contributed by atoms with van der Waals surface area (Å²) >= 11 is 0. The van der Waals surface area contributed by atoms with Gasteiger partial charge in [-0.15, -0.1) is 0 Å². The van der Waals surface area contributed by atoms with E-state index in [1.807, 2.05) is 27.7 Å². The molecule has 1 aliphatic heterocycles. The molecular formula is C15H22BNO3. The highest BCUT2D eigenvalue weighted by atomic mass is 16.7. The summed E-state index contributed by atoms with van der Waals surface area (Å²) in [6.07, 6.45) is 3.48. The zero-order valence-electron chi connectivity index (χ0n) is 12.7. The quantitative estimate of drug-likeness (QED) is 0.853. The van der Waals surface area contributed by atoms with Crippen LogP contribution in [0.1, 0.15) is 46.2 Å². The van der Waals surface area contributed by atoms with Crippen molar-refractivity contribution in [3.63, 3.8) is 0 Å². The second kappa shape index (κ2) is 4.47. The number of hydrogen-bond acceptors (Lipinski definition) is 3. The molecule has 5 heteroatoms. The van der Waals surface area contributed by atoms with Gasteiger partial charge < -0.3 is 14.3 Å². The number of H-pyrrole nitrogens is 1. The largest absolute Gasteiger partial charge is 0.512 e. The fourth-order valence-corrected chi connectivity index (χ4v) is 2.46. The molecule has 0 spiro atoms. The van der Waals surface area contributed by atoms with Crippen LogP contribution in [0.5, 0.6) is 0 Å². The van der Waals surface area contributed by atoms with Gasteiger partial charge in [-0.3, -0.25) is 4.79 Å². The lowest BCUT2D eigenvalue weighted by Crippen LogP contribution is -2.41. The topological polar surface area (TPSA) is 51.3 Å². The maximum Gasteiger partial charge on any atom is 0.512 e. The molecule has 20 heavy (non-hydrogen) atoms. The standard InChI is InChI=1S/C15H22BNO3/c1-14(2)15(3,4)20-16(19-14)13-9-12(18)8-11(17-13)7-10-5-6-10/h8-10H,5-7H2,1-4H3,(H,17,18). The highest BCUT2D eigenvalue weighted by Gasteiger charge is 2.52. The molecule has 2 fully saturated rings. The summed E-state index contributed by atoms with van der Waals surface area (Å²) in [4.78, 5) is 15.2. The van der Waals surface area contributed by atoms with Gasteiger partial charge in [0.15, 0.2) is 5.43 Å². The monoisotopic (exact) mass is 275 g/mol. The lowest BCUT2D eigenvalue weighted by molar-refractivity contribution is 0.00578. The number of rotatable bonds is 3. The Morgan fingerprint density at radius 2 is 1.80 bits per heavy atom. The Hall–Kier alpha value is -1.07.